The topological polar surface area (TPSA) is 161 Å². The number of hydrogen-bond acceptors (Lipinski definition) is 8. The monoisotopic (exact) mass is 526 g/mol. The lowest BCUT2D eigenvalue weighted by Crippen LogP contribution is -2.63. The summed E-state index contributed by atoms with van der Waals surface area (Å²) in [5.74, 6) is -9.31. The average Bonchev–Trinajstić information content (AvgIpc) is 2.80. The summed E-state index contributed by atoms with van der Waals surface area (Å²) in [4.78, 5) is 40.5. The minimum absolute atomic E-state index is 0.00357. The summed E-state index contributed by atoms with van der Waals surface area (Å²) in [5, 5.41) is 44.3. The van der Waals surface area contributed by atoms with E-state index in [9.17, 15) is 43.6 Å². The van der Waals surface area contributed by atoms with E-state index in [1.807, 2.05) is 0 Å². The molecule has 2 aromatic carbocycles. The molecule has 198 valence electrons. The number of halogens is 2. The van der Waals surface area contributed by atoms with Crippen molar-refractivity contribution >= 4 is 17.5 Å². The Bertz CT molecular complexity index is 1490. The Morgan fingerprint density at radius 1 is 1.08 bits per heavy atom. The minimum atomic E-state index is -2.75. The summed E-state index contributed by atoms with van der Waals surface area (Å²) in [6, 6.07) is 4.33. The number of phenols is 1. The lowest BCUT2D eigenvalue weighted by atomic mass is 9.58. The summed E-state index contributed by atoms with van der Waals surface area (Å²) in [6.45, 7) is 0. The first-order valence-corrected chi connectivity index (χ1v) is 11.7. The summed E-state index contributed by atoms with van der Waals surface area (Å²) >= 11 is 0. The number of carbonyl (C=O) groups is 3. The largest absolute Gasteiger partial charge is 0.510 e. The summed E-state index contributed by atoms with van der Waals surface area (Å²) < 4.78 is 28.0. The molecule has 4 atom stereocenters. The molecule has 0 bridgehead atoms. The molecular weight excluding hydrogens is 502 g/mol. The van der Waals surface area contributed by atoms with Crippen LogP contribution in [0.15, 0.2) is 53.0 Å². The molecule has 0 aromatic heterocycles. The van der Waals surface area contributed by atoms with Crippen molar-refractivity contribution in [3.05, 3.63) is 75.8 Å². The zero-order valence-corrected chi connectivity index (χ0v) is 20.3. The van der Waals surface area contributed by atoms with Gasteiger partial charge in [0.25, 0.3) is 5.91 Å². The number of benzene rings is 2. The highest BCUT2D eigenvalue weighted by atomic mass is 19.1. The number of fused-ring (bicyclic) bond motifs is 3. The van der Waals surface area contributed by atoms with Crippen LogP contribution in [-0.2, 0) is 16.0 Å². The van der Waals surface area contributed by atoms with Crippen LogP contribution in [0.4, 0.5) is 8.78 Å². The summed E-state index contributed by atoms with van der Waals surface area (Å²) in [5.41, 5.74) is 1.80. The van der Waals surface area contributed by atoms with Crippen LogP contribution in [0.1, 0.15) is 22.3 Å². The molecule has 3 aliphatic carbocycles. The van der Waals surface area contributed by atoms with Crippen molar-refractivity contribution < 1.29 is 43.6 Å². The minimum Gasteiger partial charge on any atom is -0.510 e. The average molecular weight is 526 g/mol. The van der Waals surface area contributed by atoms with Crippen LogP contribution in [0.5, 0.6) is 5.75 Å². The fraction of sp³-hybridized carbons (Fsp3) is 0.296. The van der Waals surface area contributed by atoms with E-state index in [1.165, 1.54) is 31.1 Å². The second-order valence-electron chi connectivity index (χ2n) is 10.1. The van der Waals surface area contributed by atoms with Crippen LogP contribution in [0.25, 0.3) is 11.1 Å². The first kappa shape index (κ1) is 25.6. The number of phenolic OH excluding ortho intramolecular Hbond substituents is 1. The van der Waals surface area contributed by atoms with Gasteiger partial charge in [-0.25, -0.2) is 8.78 Å². The van der Waals surface area contributed by atoms with Crippen molar-refractivity contribution in [1.29, 1.82) is 0 Å². The summed E-state index contributed by atoms with van der Waals surface area (Å²) in [7, 11) is 3.06. The molecule has 0 saturated carbocycles. The van der Waals surface area contributed by atoms with Gasteiger partial charge in [0.05, 0.1) is 11.6 Å². The normalized spacial score (nSPS) is 26.8. The van der Waals surface area contributed by atoms with Gasteiger partial charge in [0.1, 0.15) is 34.5 Å². The van der Waals surface area contributed by atoms with Crippen LogP contribution in [0.2, 0.25) is 0 Å². The van der Waals surface area contributed by atoms with E-state index in [0.717, 1.165) is 12.1 Å². The molecule has 5 rings (SSSR count). The van der Waals surface area contributed by atoms with Crippen molar-refractivity contribution in [1.82, 2.24) is 4.90 Å². The Balaban J connectivity index is 1.73. The predicted molar refractivity (Wildman–Crippen MR) is 129 cm³/mol. The number of primary amides is 1. The van der Waals surface area contributed by atoms with Crippen molar-refractivity contribution in [2.24, 2.45) is 17.6 Å². The molecule has 0 heterocycles. The van der Waals surface area contributed by atoms with Gasteiger partial charge in [-0.2, -0.15) is 0 Å². The number of ketones is 2. The quantitative estimate of drug-likeness (QED) is 0.380. The van der Waals surface area contributed by atoms with Crippen LogP contribution >= 0.6 is 0 Å². The maximum Gasteiger partial charge on any atom is 0.255 e. The zero-order valence-electron chi connectivity index (χ0n) is 20.3. The molecule has 0 radical (unpaired) electrons. The highest BCUT2D eigenvalue weighted by Crippen LogP contribution is 2.53. The SMILES string of the molecule is CN(C)[C@@H]1C(O)=C(C(N)=O)C(=O)[C@]2(O)C(O)=C3C(=O)c4c(O)ccc(-c5cc(F)cc(F)c5)c4C[C@H]3C[C@@H]12. The fourth-order valence-corrected chi connectivity index (χ4v) is 6.23. The number of Topliss-reactive ketones (excluding diaryl/α,β-unsaturated/α-hetero) is 2. The van der Waals surface area contributed by atoms with Crippen molar-refractivity contribution in [2.45, 2.75) is 24.5 Å². The van der Waals surface area contributed by atoms with E-state index in [-0.39, 0.29) is 40.7 Å². The van der Waals surface area contributed by atoms with Gasteiger partial charge in [0, 0.05) is 17.6 Å². The molecule has 1 amide bonds. The Kier molecular flexibility index (Phi) is 5.69. The molecule has 0 spiro atoms. The Morgan fingerprint density at radius 3 is 2.29 bits per heavy atom. The van der Waals surface area contributed by atoms with E-state index < -0.39 is 75.4 Å². The lowest BCUT2D eigenvalue weighted by molar-refractivity contribution is -0.148. The number of hydrogen-bond donors (Lipinski definition) is 5. The molecule has 38 heavy (non-hydrogen) atoms. The third-order valence-electron chi connectivity index (χ3n) is 7.78. The van der Waals surface area contributed by atoms with Crippen LogP contribution in [-0.4, -0.2) is 68.5 Å². The summed E-state index contributed by atoms with van der Waals surface area (Å²) in [6.07, 6.45) is -0.102. The molecule has 0 saturated heterocycles. The molecule has 3 aliphatic rings. The number of nitrogens with zero attached hydrogens (tertiary/aromatic N) is 1. The number of aliphatic hydroxyl groups is 3. The van der Waals surface area contributed by atoms with E-state index in [2.05, 4.69) is 0 Å². The molecule has 0 fully saturated rings. The number of likely N-dealkylation sites (N-methyl/N-ethyl adjacent to an activating group) is 1. The molecule has 9 nitrogen and oxygen atoms in total. The van der Waals surface area contributed by atoms with E-state index >= 15 is 0 Å². The van der Waals surface area contributed by atoms with E-state index in [4.69, 9.17) is 5.73 Å². The molecule has 2 aromatic rings. The molecular formula is C27H24F2N2O7. The van der Waals surface area contributed by atoms with Crippen LogP contribution in [0, 0.1) is 23.5 Å². The smallest absolute Gasteiger partial charge is 0.255 e. The van der Waals surface area contributed by atoms with Gasteiger partial charge >= 0.3 is 0 Å². The number of amides is 1. The van der Waals surface area contributed by atoms with Crippen molar-refractivity contribution in [2.75, 3.05) is 14.1 Å². The van der Waals surface area contributed by atoms with Crippen molar-refractivity contribution in [3.63, 3.8) is 0 Å². The number of carbonyl (C=O) groups excluding carboxylic acids is 3. The number of nitrogens with two attached hydrogens (primary N) is 1. The van der Waals surface area contributed by atoms with Gasteiger partial charge < -0.3 is 26.2 Å². The first-order valence-electron chi connectivity index (χ1n) is 11.7. The Hall–Kier alpha value is -4.09. The van der Waals surface area contributed by atoms with E-state index in [0.29, 0.717) is 6.07 Å². The zero-order chi connectivity index (χ0) is 27.8. The van der Waals surface area contributed by atoms with E-state index in [1.54, 1.807) is 0 Å². The van der Waals surface area contributed by atoms with Gasteiger partial charge in [-0.1, -0.05) is 6.07 Å². The lowest BCUT2D eigenvalue weighted by Gasteiger charge is -2.50. The fourth-order valence-electron chi connectivity index (χ4n) is 6.23. The predicted octanol–water partition coefficient (Wildman–Crippen LogP) is 2.07. The van der Waals surface area contributed by atoms with Gasteiger partial charge in [0.15, 0.2) is 11.4 Å². The standard InChI is InChI=1S/C27H24F2N2O7/c1-31(2)21-16-8-11-7-15-14(10-5-12(28)9-13(29)6-10)3-4-17(32)19(15)22(33)18(11)24(35)27(16,38)25(36)20(23(21)34)26(30)37/h3-6,9,11,16,21,32,34-35,38H,7-8H2,1-2H3,(H2,30,37)/t11-,16-,21-,27+/m0/s1. The molecule has 6 N–H and O–H groups in total. The van der Waals surface area contributed by atoms with Gasteiger partial charge in [0.2, 0.25) is 5.78 Å². The van der Waals surface area contributed by atoms with Gasteiger partial charge in [-0.05, 0) is 67.7 Å². The van der Waals surface area contributed by atoms with Crippen LogP contribution in [0.3, 0.4) is 0 Å². The molecule has 0 aliphatic heterocycles. The van der Waals surface area contributed by atoms with Gasteiger partial charge in [-0.15, -0.1) is 0 Å². The highest BCUT2D eigenvalue weighted by molar-refractivity contribution is 6.24. The maximum atomic E-state index is 14.0. The highest BCUT2D eigenvalue weighted by Gasteiger charge is 2.63. The van der Waals surface area contributed by atoms with Crippen LogP contribution < -0.4 is 5.73 Å². The second-order valence-corrected chi connectivity index (χ2v) is 10.1. The third-order valence-corrected chi connectivity index (χ3v) is 7.78. The third kappa shape index (κ3) is 3.38. The Labute approximate surface area is 215 Å². The Morgan fingerprint density at radius 2 is 1.71 bits per heavy atom. The molecule has 0 unspecified atom stereocenters. The first-order chi connectivity index (χ1) is 17.8. The van der Waals surface area contributed by atoms with Gasteiger partial charge in [-0.3, -0.25) is 19.3 Å². The number of allylic oxidation sites excluding steroid dienone is 1. The second kappa shape index (κ2) is 8.47. The molecule has 11 heteroatoms. The number of aromatic hydroxyl groups is 1. The number of rotatable bonds is 3. The maximum absolute atomic E-state index is 14.0. The van der Waals surface area contributed by atoms with Crippen molar-refractivity contribution in [3.8, 4) is 16.9 Å². The number of aliphatic hydroxyl groups excluding tert-OH is 2.